The van der Waals surface area contributed by atoms with Crippen LogP contribution in [0.15, 0.2) is 24.0 Å². The van der Waals surface area contributed by atoms with E-state index in [-0.39, 0.29) is 0 Å². The smallest absolute Gasteiger partial charge is 0.158 e. The molecule has 3 nitrogen and oxygen atoms in total. The van der Waals surface area contributed by atoms with Gasteiger partial charge in [-0.05, 0) is 36.8 Å². The summed E-state index contributed by atoms with van der Waals surface area (Å²) >= 11 is 0. The number of aryl methyl sites for hydroxylation is 2. The average Bonchev–Trinajstić information content (AvgIpc) is 2.84. The monoisotopic (exact) mass is 204 g/mol. The number of carbonyl (C=O) groups is 1. The van der Waals surface area contributed by atoms with Gasteiger partial charge < -0.3 is 0 Å². The molecule has 0 aliphatic heterocycles. The summed E-state index contributed by atoms with van der Waals surface area (Å²) in [5, 5.41) is 4.08. The van der Waals surface area contributed by atoms with Crippen LogP contribution in [0, 0.1) is 0 Å². The number of hydrogen-bond donors (Lipinski definition) is 0. The highest BCUT2D eigenvalue weighted by Gasteiger charge is 2.13. The number of allylic oxidation sites excluding steroid dienone is 2. The molecule has 3 heteroatoms. The van der Waals surface area contributed by atoms with Gasteiger partial charge in [0, 0.05) is 19.7 Å². The van der Waals surface area contributed by atoms with Gasteiger partial charge in [-0.25, -0.2) is 0 Å². The summed E-state index contributed by atoms with van der Waals surface area (Å²) in [6.45, 7) is 0. The Hall–Kier alpha value is -1.38. The highest BCUT2D eigenvalue weighted by Crippen LogP contribution is 2.20. The molecule has 15 heavy (non-hydrogen) atoms. The molecule has 0 saturated carbocycles. The number of aromatic nitrogens is 2. The molecule has 1 aliphatic carbocycles. The predicted octanol–water partition coefficient (Wildman–Crippen LogP) is 2.03. The SMILES string of the molecule is Cn1cc(CCC(=O)C2=CCCC2)cn1. The summed E-state index contributed by atoms with van der Waals surface area (Å²) in [7, 11) is 1.89. The summed E-state index contributed by atoms with van der Waals surface area (Å²) < 4.78 is 1.77. The van der Waals surface area contributed by atoms with E-state index in [1.165, 1.54) is 0 Å². The van der Waals surface area contributed by atoms with Crippen LogP contribution in [0.25, 0.3) is 0 Å². The van der Waals surface area contributed by atoms with E-state index in [0.717, 1.165) is 36.8 Å². The molecule has 1 aromatic heterocycles. The molecular formula is C12H16N2O. The molecule has 0 N–H and O–H groups in total. The number of hydrogen-bond acceptors (Lipinski definition) is 2. The maximum atomic E-state index is 11.7. The molecule has 2 rings (SSSR count). The fourth-order valence-corrected chi connectivity index (χ4v) is 1.94. The van der Waals surface area contributed by atoms with Crippen LogP contribution in [0.3, 0.4) is 0 Å². The van der Waals surface area contributed by atoms with Crippen molar-refractivity contribution < 1.29 is 4.79 Å². The van der Waals surface area contributed by atoms with Crippen molar-refractivity contribution in [1.82, 2.24) is 9.78 Å². The van der Waals surface area contributed by atoms with Crippen LogP contribution in [0.1, 0.15) is 31.2 Å². The van der Waals surface area contributed by atoms with Gasteiger partial charge in [0.1, 0.15) is 0 Å². The van der Waals surface area contributed by atoms with Crippen molar-refractivity contribution in [2.45, 2.75) is 32.1 Å². The van der Waals surface area contributed by atoms with Gasteiger partial charge >= 0.3 is 0 Å². The Labute approximate surface area is 89.8 Å². The Balaban J connectivity index is 1.85. The molecule has 0 aromatic carbocycles. The molecule has 1 aromatic rings. The third kappa shape index (κ3) is 2.55. The number of carbonyl (C=O) groups excluding carboxylic acids is 1. The summed E-state index contributed by atoms with van der Waals surface area (Å²) in [5.41, 5.74) is 2.18. The van der Waals surface area contributed by atoms with Gasteiger partial charge in [0.2, 0.25) is 0 Å². The van der Waals surface area contributed by atoms with E-state index >= 15 is 0 Å². The summed E-state index contributed by atoms with van der Waals surface area (Å²) in [6, 6.07) is 0. The standard InChI is InChI=1S/C12H16N2O/c1-14-9-10(8-13-14)6-7-12(15)11-4-2-3-5-11/h4,8-9H,2-3,5-7H2,1H3. The van der Waals surface area contributed by atoms with Crippen molar-refractivity contribution in [1.29, 1.82) is 0 Å². The first kappa shape index (κ1) is 10.1. The van der Waals surface area contributed by atoms with E-state index in [9.17, 15) is 4.79 Å². The van der Waals surface area contributed by atoms with Crippen LogP contribution in [-0.4, -0.2) is 15.6 Å². The Morgan fingerprint density at radius 2 is 2.47 bits per heavy atom. The number of nitrogens with zero attached hydrogens (tertiary/aromatic N) is 2. The van der Waals surface area contributed by atoms with Crippen molar-refractivity contribution >= 4 is 5.78 Å². The average molecular weight is 204 g/mol. The fourth-order valence-electron chi connectivity index (χ4n) is 1.94. The quantitative estimate of drug-likeness (QED) is 0.752. The molecule has 80 valence electrons. The molecule has 1 aliphatic rings. The highest BCUT2D eigenvalue weighted by molar-refractivity contribution is 5.95. The zero-order valence-electron chi connectivity index (χ0n) is 9.07. The molecule has 0 unspecified atom stereocenters. The van der Waals surface area contributed by atoms with E-state index in [2.05, 4.69) is 11.2 Å². The topological polar surface area (TPSA) is 34.9 Å². The van der Waals surface area contributed by atoms with Gasteiger partial charge in [0.05, 0.1) is 6.20 Å². The molecule has 0 amide bonds. The summed E-state index contributed by atoms with van der Waals surface area (Å²) in [4.78, 5) is 11.7. The minimum absolute atomic E-state index is 0.316. The van der Waals surface area contributed by atoms with Crippen LogP contribution in [-0.2, 0) is 18.3 Å². The van der Waals surface area contributed by atoms with Gasteiger partial charge in [0.25, 0.3) is 0 Å². The summed E-state index contributed by atoms with van der Waals surface area (Å²) in [5.74, 6) is 0.316. The van der Waals surface area contributed by atoms with Gasteiger partial charge in [-0.2, -0.15) is 5.10 Å². The predicted molar refractivity (Wildman–Crippen MR) is 58.5 cm³/mol. The third-order valence-corrected chi connectivity index (χ3v) is 2.80. The van der Waals surface area contributed by atoms with E-state index < -0.39 is 0 Å². The number of ketones is 1. The Morgan fingerprint density at radius 3 is 3.07 bits per heavy atom. The molecule has 0 radical (unpaired) electrons. The Bertz CT molecular complexity index is 390. The van der Waals surface area contributed by atoms with Crippen LogP contribution in [0.5, 0.6) is 0 Å². The molecular weight excluding hydrogens is 188 g/mol. The minimum atomic E-state index is 0.316. The normalized spacial score (nSPS) is 15.4. The first-order chi connectivity index (χ1) is 7.25. The Kier molecular flexibility index (Phi) is 2.99. The first-order valence-electron chi connectivity index (χ1n) is 5.45. The highest BCUT2D eigenvalue weighted by atomic mass is 16.1. The van der Waals surface area contributed by atoms with Gasteiger partial charge in [-0.3, -0.25) is 9.48 Å². The Morgan fingerprint density at radius 1 is 1.60 bits per heavy atom. The molecule has 1 heterocycles. The lowest BCUT2D eigenvalue weighted by Crippen LogP contribution is -2.02. The first-order valence-corrected chi connectivity index (χ1v) is 5.45. The number of rotatable bonds is 4. The zero-order chi connectivity index (χ0) is 10.7. The van der Waals surface area contributed by atoms with Crippen molar-refractivity contribution in [3.05, 3.63) is 29.6 Å². The van der Waals surface area contributed by atoms with E-state index in [1.807, 2.05) is 19.4 Å². The minimum Gasteiger partial charge on any atom is -0.295 e. The van der Waals surface area contributed by atoms with Crippen LogP contribution in [0.4, 0.5) is 0 Å². The third-order valence-electron chi connectivity index (χ3n) is 2.80. The van der Waals surface area contributed by atoms with E-state index in [4.69, 9.17) is 0 Å². The lowest BCUT2D eigenvalue weighted by molar-refractivity contribution is -0.115. The fraction of sp³-hybridized carbons (Fsp3) is 0.500. The van der Waals surface area contributed by atoms with Crippen LogP contribution >= 0.6 is 0 Å². The molecule has 0 atom stereocenters. The van der Waals surface area contributed by atoms with E-state index in [1.54, 1.807) is 4.68 Å². The lowest BCUT2D eigenvalue weighted by atomic mass is 10.0. The van der Waals surface area contributed by atoms with Gasteiger partial charge in [-0.15, -0.1) is 0 Å². The van der Waals surface area contributed by atoms with Crippen LogP contribution < -0.4 is 0 Å². The van der Waals surface area contributed by atoms with Gasteiger partial charge in [-0.1, -0.05) is 6.08 Å². The lowest BCUT2D eigenvalue weighted by Gasteiger charge is -1.99. The molecule has 0 bridgehead atoms. The molecule has 0 fully saturated rings. The number of Topliss-reactive ketones (excluding diaryl/α,β-unsaturated/α-hetero) is 1. The van der Waals surface area contributed by atoms with E-state index in [0.29, 0.717) is 12.2 Å². The van der Waals surface area contributed by atoms with Gasteiger partial charge in [0.15, 0.2) is 5.78 Å². The maximum absolute atomic E-state index is 11.7. The second-order valence-electron chi connectivity index (χ2n) is 4.07. The van der Waals surface area contributed by atoms with Crippen molar-refractivity contribution in [3.63, 3.8) is 0 Å². The van der Waals surface area contributed by atoms with Crippen molar-refractivity contribution in [2.75, 3.05) is 0 Å². The zero-order valence-corrected chi connectivity index (χ0v) is 9.07. The maximum Gasteiger partial charge on any atom is 0.158 e. The largest absolute Gasteiger partial charge is 0.295 e. The summed E-state index contributed by atoms with van der Waals surface area (Å²) in [6.07, 6.45) is 10.5. The second kappa shape index (κ2) is 4.43. The molecule has 0 spiro atoms. The van der Waals surface area contributed by atoms with Crippen molar-refractivity contribution in [3.8, 4) is 0 Å². The second-order valence-corrected chi connectivity index (χ2v) is 4.07. The van der Waals surface area contributed by atoms with Crippen molar-refractivity contribution in [2.24, 2.45) is 7.05 Å². The molecule has 0 saturated heterocycles. The van der Waals surface area contributed by atoms with Crippen LogP contribution in [0.2, 0.25) is 0 Å².